The van der Waals surface area contributed by atoms with Crippen molar-refractivity contribution in [2.24, 2.45) is 0 Å². The van der Waals surface area contributed by atoms with E-state index in [1.165, 1.54) is 6.20 Å². The number of anilines is 1. The summed E-state index contributed by atoms with van der Waals surface area (Å²) in [7, 11) is 1.64. The van der Waals surface area contributed by atoms with Gasteiger partial charge >= 0.3 is 6.03 Å². The molecule has 0 aliphatic carbocycles. The minimum absolute atomic E-state index is 0.0887. The normalized spacial score (nSPS) is 11.2. The third-order valence-corrected chi connectivity index (χ3v) is 5.75. The summed E-state index contributed by atoms with van der Waals surface area (Å²) in [5, 5.41) is 10.7. The average Bonchev–Trinajstić information content (AvgIpc) is 3.28. The lowest BCUT2D eigenvalue weighted by atomic mass is 9.92. The molecular weight excluding hydrogens is 492 g/mol. The maximum atomic E-state index is 12.9. The number of hydrogen-bond donors (Lipinski definition) is 2. The van der Waals surface area contributed by atoms with E-state index in [9.17, 15) is 4.79 Å². The van der Waals surface area contributed by atoms with E-state index in [-0.39, 0.29) is 23.3 Å². The van der Waals surface area contributed by atoms with E-state index in [1.807, 2.05) is 49.4 Å². The van der Waals surface area contributed by atoms with Crippen molar-refractivity contribution >= 4 is 23.4 Å². The number of benzene rings is 2. The summed E-state index contributed by atoms with van der Waals surface area (Å²) < 4.78 is 13.0. The molecule has 0 spiro atoms. The van der Waals surface area contributed by atoms with Gasteiger partial charge in [0.25, 0.3) is 0 Å². The number of rotatable bonds is 7. The Morgan fingerprint density at radius 2 is 1.86 bits per heavy atom. The Morgan fingerprint density at radius 1 is 1.08 bits per heavy atom. The van der Waals surface area contributed by atoms with Crippen LogP contribution in [-0.2, 0) is 12.0 Å². The highest BCUT2D eigenvalue weighted by Crippen LogP contribution is 2.29. The molecule has 37 heavy (non-hydrogen) atoms. The number of nitrogens with zero attached hydrogens (tertiary/aromatic N) is 4. The van der Waals surface area contributed by atoms with Gasteiger partial charge in [-0.2, -0.15) is 10.1 Å². The second kappa shape index (κ2) is 10.9. The first-order valence-electron chi connectivity index (χ1n) is 11.7. The third kappa shape index (κ3) is 6.37. The quantitative estimate of drug-likeness (QED) is 0.288. The maximum Gasteiger partial charge on any atom is 0.320 e. The molecule has 192 valence electrons. The van der Waals surface area contributed by atoms with Crippen molar-refractivity contribution in [3.8, 4) is 23.1 Å². The Bertz CT molecular complexity index is 1410. The highest BCUT2D eigenvalue weighted by atomic mass is 35.5. The van der Waals surface area contributed by atoms with Gasteiger partial charge in [-0.25, -0.2) is 14.5 Å². The maximum absolute atomic E-state index is 12.9. The first-order valence-corrected chi connectivity index (χ1v) is 12.1. The molecule has 0 aliphatic heterocycles. The molecule has 0 aliphatic rings. The van der Waals surface area contributed by atoms with Gasteiger partial charge in [0.15, 0.2) is 0 Å². The van der Waals surface area contributed by atoms with Gasteiger partial charge in [-0.15, -0.1) is 0 Å². The zero-order valence-electron chi connectivity index (χ0n) is 21.4. The van der Waals surface area contributed by atoms with Crippen LogP contribution in [0.5, 0.6) is 17.4 Å². The Hall–Kier alpha value is -4.11. The molecule has 2 heterocycles. The third-order valence-electron chi connectivity index (χ3n) is 5.57. The monoisotopic (exact) mass is 520 g/mol. The molecule has 10 heteroatoms. The summed E-state index contributed by atoms with van der Waals surface area (Å²) in [4.78, 5) is 20.9. The summed E-state index contributed by atoms with van der Waals surface area (Å²) in [6.07, 6.45) is 1.51. The van der Waals surface area contributed by atoms with Crippen LogP contribution < -0.4 is 20.1 Å². The van der Waals surface area contributed by atoms with Crippen LogP contribution >= 0.6 is 11.6 Å². The molecule has 0 bridgehead atoms. The van der Waals surface area contributed by atoms with Crippen molar-refractivity contribution in [3.05, 3.63) is 82.9 Å². The van der Waals surface area contributed by atoms with E-state index < -0.39 is 0 Å². The van der Waals surface area contributed by atoms with Crippen LogP contribution in [-0.4, -0.2) is 32.9 Å². The van der Waals surface area contributed by atoms with Gasteiger partial charge in [0, 0.05) is 35.9 Å². The van der Waals surface area contributed by atoms with Crippen molar-refractivity contribution in [3.63, 3.8) is 0 Å². The molecule has 2 aromatic carbocycles. The molecule has 0 unspecified atom stereocenters. The molecule has 2 aromatic heterocycles. The van der Waals surface area contributed by atoms with Gasteiger partial charge in [0.05, 0.1) is 18.5 Å². The fourth-order valence-corrected chi connectivity index (χ4v) is 3.74. The molecule has 0 saturated heterocycles. The molecule has 4 rings (SSSR count). The van der Waals surface area contributed by atoms with Crippen LogP contribution in [0.3, 0.4) is 0 Å². The zero-order valence-corrected chi connectivity index (χ0v) is 22.1. The lowest BCUT2D eigenvalue weighted by molar-refractivity contribution is 0.251. The Labute approximate surface area is 220 Å². The minimum Gasteiger partial charge on any atom is -0.496 e. The minimum atomic E-state index is -0.383. The van der Waals surface area contributed by atoms with Crippen LogP contribution in [0.2, 0.25) is 5.28 Å². The van der Waals surface area contributed by atoms with Gasteiger partial charge in [-0.05, 0) is 48.4 Å². The Kier molecular flexibility index (Phi) is 7.63. The fraction of sp³-hybridized carbons (Fsp3) is 0.259. The summed E-state index contributed by atoms with van der Waals surface area (Å²) in [5.74, 6) is 2.19. The summed E-state index contributed by atoms with van der Waals surface area (Å²) in [5.41, 5.74) is 3.18. The molecule has 4 aromatic rings. The number of methoxy groups -OCH3 is 1. The highest BCUT2D eigenvalue weighted by molar-refractivity contribution is 6.28. The SMILES string of the molecule is COc1ccc(-n2nc(C(C)(C)C)cc2NC(=O)NCc2ccccc2Oc2ccnc(Cl)n2)cc1C. The van der Waals surface area contributed by atoms with Crippen LogP contribution in [0, 0.1) is 6.92 Å². The number of halogens is 1. The van der Waals surface area contributed by atoms with Crippen molar-refractivity contribution in [1.82, 2.24) is 25.1 Å². The van der Waals surface area contributed by atoms with Crippen LogP contribution in [0.4, 0.5) is 10.6 Å². The first-order chi connectivity index (χ1) is 17.6. The zero-order chi connectivity index (χ0) is 26.6. The second-order valence-corrected chi connectivity index (χ2v) is 9.75. The van der Waals surface area contributed by atoms with E-state index in [2.05, 4.69) is 41.4 Å². The fourth-order valence-electron chi connectivity index (χ4n) is 3.60. The molecule has 0 fully saturated rings. The molecule has 0 saturated carbocycles. The van der Waals surface area contributed by atoms with Crippen LogP contribution in [0.1, 0.15) is 37.6 Å². The number of ether oxygens (including phenoxy) is 2. The predicted octanol–water partition coefficient (Wildman–Crippen LogP) is 6.04. The summed E-state index contributed by atoms with van der Waals surface area (Å²) >= 11 is 5.86. The van der Waals surface area contributed by atoms with Crippen molar-refractivity contribution < 1.29 is 14.3 Å². The van der Waals surface area contributed by atoms with Gasteiger partial charge < -0.3 is 14.8 Å². The molecule has 2 N–H and O–H groups in total. The smallest absolute Gasteiger partial charge is 0.320 e. The van der Waals surface area contributed by atoms with E-state index in [0.29, 0.717) is 17.4 Å². The van der Waals surface area contributed by atoms with Gasteiger partial charge in [-0.1, -0.05) is 39.0 Å². The summed E-state index contributed by atoms with van der Waals surface area (Å²) in [6.45, 7) is 8.41. The van der Waals surface area contributed by atoms with Gasteiger partial charge in [-0.3, -0.25) is 5.32 Å². The molecule has 0 atom stereocenters. The topological polar surface area (TPSA) is 103 Å². The molecular formula is C27H29ClN6O3. The van der Waals surface area contributed by atoms with Crippen molar-refractivity contribution in [2.45, 2.75) is 39.7 Å². The molecule has 0 radical (unpaired) electrons. The number of carbonyl (C=O) groups is 1. The van der Waals surface area contributed by atoms with E-state index >= 15 is 0 Å². The van der Waals surface area contributed by atoms with Crippen molar-refractivity contribution in [2.75, 3.05) is 12.4 Å². The largest absolute Gasteiger partial charge is 0.496 e. The number of para-hydroxylation sites is 1. The number of urea groups is 1. The summed E-state index contributed by atoms with van der Waals surface area (Å²) in [6, 6.07) is 16.2. The Balaban J connectivity index is 1.52. The van der Waals surface area contributed by atoms with Crippen LogP contribution in [0.25, 0.3) is 5.69 Å². The number of amides is 2. The van der Waals surface area contributed by atoms with E-state index in [1.54, 1.807) is 23.9 Å². The number of aromatic nitrogens is 4. The van der Waals surface area contributed by atoms with Crippen LogP contribution in [0.15, 0.2) is 60.8 Å². The number of hydrogen-bond acceptors (Lipinski definition) is 6. The number of aryl methyl sites for hydroxylation is 1. The first kappa shape index (κ1) is 26.0. The predicted molar refractivity (Wildman–Crippen MR) is 143 cm³/mol. The molecule has 2 amide bonds. The molecule has 9 nitrogen and oxygen atoms in total. The number of nitrogens with one attached hydrogen (secondary N) is 2. The highest BCUT2D eigenvalue weighted by Gasteiger charge is 2.22. The lowest BCUT2D eigenvalue weighted by Crippen LogP contribution is -2.29. The Morgan fingerprint density at radius 3 is 2.57 bits per heavy atom. The van der Waals surface area contributed by atoms with Crippen molar-refractivity contribution in [1.29, 1.82) is 0 Å². The van der Waals surface area contributed by atoms with Gasteiger partial charge in [0.1, 0.15) is 17.3 Å². The van der Waals surface area contributed by atoms with E-state index in [4.69, 9.17) is 26.2 Å². The van der Waals surface area contributed by atoms with E-state index in [0.717, 1.165) is 28.3 Å². The standard InChI is InChI=1S/C27H29ClN6O3/c1-17-14-19(10-11-20(17)36-5)34-23(15-22(33-34)27(2,3)4)31-26(35)30-16-18-8-6-7-9-21(18)37-24-12-13-29-25(28)32-24/h6-15H,16H2,1-5H3,(H2,30,31,35). The second-order valence-electron chi connectivity index (χ2n) is 9.41. The average molecular weight is 521 g/mol. The number of carbonyl (C=O) groups excluding carboxylic acids is 1. The lowest BCUT2D eigenvalue weighted by Gasteiger charge is -2.14. The van der Waals surface area contributed by atoms with Gasteiger partial charge in [0.2, 0.25) is 11.2 Å².